The van der Waals surface area contributed by atoms with Crippen LogP contribution in [0.2, 0.25) is 0 Å². The molecule has 0 amide bonds. The maximum absolute atomic E-state index is 2.29. The highest BCUT2D eigenvalue weighted by Crippen LogP contribution is 2.42. The summed E-state index contributed by atoms with van der Waals surface area (Å²) >= 11 is 0. The van der Waals surface area contributed by atoms with Crippen LogP contribution < -0.4 is 0 Å². The second kappa shape index (κ2) is 18.0. The van der Waals surface area contributed by atoms with E-state index >= 15 is 0 Å². The summed E-state index contributed by atoms with van der Waals surface area (Å²) in [7, 11) is 0. The third kappa shape index (κ3) is 18.0. The van der Waals surface area contributed by atoms with Crippen LogP contribution in [0.1, 0.15) is 112 Å². The predicted molar refractivity (Wildman–Crippen MR) is 91.8 cm³/mol. The zero-order valence-electron chi connectivity index (χ0n) is 14.9. The van der Waals surface area contributed by atoms with Crippen molar-refractivity contribution in [1.29, 1.82) is 0 Å². The summed E-state index contributed by atoms with van der Waals surface area (Å²) < 4.78 is 0. The monoisotopic (exact) mass is 270 g/mol. The topological polar surface area (TPSA) is 0 Å². The maximum Gasteiger partial charge on any atom is -0.0386 e. The van der Waals surface area contributed by atoms with Crippen LogP contribution in [0.5, 0.6) is 0 Å². The first kappa shape index (κ1) is 21.3. The first-order valence-corrected chi connectivity index (χ1v) is 9.21. The summed E-state index contributed by atoms with van der Waals surface area (Å²) in [5, 5.41) is 0. The van der Waals surface area contributed by atoms with Crippen molar-refractivity contribution in [2.24, 2.45) is 11.8 Å². The smallest absolute Gasteiger partial charge is 0.0386 e. The Kier molecular flexibility index (Phi) is 20.2. The minimum absolute atomic E-state index is 1.12. The molecule has 19 heavy (non-hydrogen) atoms. The second-order valence-corrected chi connectivity index (χ2v) is 6.11. The normalized spacial score (nSPS) is 23.7. The van der Waals surface area contributed by atoms with Gasteiger partial charge in [-0.2, -0.15) is 0 Å². The molecule has 2 rings (SSSR count). The van der Waals surface area contributed by atoms with Crippen molar-refractivity contribution in [3.63, 3.8) is 0 Å². The predicted octanol–water partition coefficient (Wildman–Crippen LogP) is 7.62. The van der Waals surface area contributed by atoms with E-state index in [1.165, 1.54) is 70.6 Å². The average Bonchev–Trinajstić information content (AvgIpc) is 3.22. The Labute approximate surface area is 124 Å². The molecule has 0 heterocycles. The molecule has 2 aliphatic rings. The molecule has 0 saturated heterocycles. The van der Waals surface area contributed by atoms with Crippen molar-refractivity contribution in [3.05, 3.63) is 0 Å². The minimum Gasteiger partial charge on any atom is -0.0656 e. The van der Waals surface area contributed by atoms with Crippen LogP contribution >= 0.6 is 0 Å². The highest BCUT2D eigenvalue weighted by Gasteiger charge is 2.32. The molecule has 2 fully saturated rings. The van der Waals surface area contributed by atoms with Gasteiger partial charge in [0.05, 0.1) is 0 Å². The quantitative estimate of drug-likeness (QED) is 0.484. The van der Waals surface area contributed by atoms with Crippen LogP contribution in [0.4, 0.5) is 0 Å². The Morgan fingerprint density at radius 2 is 0.737 bits per heavy atom. The largest absolute Gasteiger partial charge is 0.0656 e. The van der Waals surface area contributed by atoms with Crippen LogP contribution in [0.15, 0.2) is 0 Å². The molecular weight excluding hydrogens is 228 g/mol. The van der Waals surface area contributed by atoms with Crippen LogP contribution in [-0.2, 0) is 0 Å². The van der Waals surface area contributed by atoms with Gasteiger partial charge in [0.15, 0.2) is 0 Å². The van der Waals surface area contributed by atoms with E-state index in [4.69, 9.17) is 0 Å². The van der Waals surface area contributed by atoms with Gasteiger partial charge < -0.3 is 0 Å². The molecule has 0 aromatic carbocycles. The highest BCUT2D eigenvalue weighted by atomic mass is 14.4. The van der Waals surface area contributed by atoms with Gasteiger partial charge in [0.25, 0.3) is 0 Å². The number of rotatable bonds is 2. The van der Waals surface area contributed by atoms with Gasteiger partial charge in [-0.15, -0.1) is 0 Å². The SMILES string of the molecule is C1CCCCC1.CCC.CCC.CCC1CC1CC. The van der Waals surface area contributed by atoms with E-state index in [-0.39, 0.29) is 0 Å². The van der Waals surface area contributed by atoms with E-state index in [2.05, 4.69) is 41.5 Å². The van der Waals surface area contributed by atoms with Gasteiger partial charge in [-0.05, 0) is 18.3 Å². The van der Waals surface area contributed by atoms with Gasteiger partial charge >= 0.3 is 0 Å². The summed E-state index contributed by atoms with van der Waals surface area (Å²) in [6.45, 7) is 13.1. The molecular formula is C19H42. The lowest BCUT2D eigenvalue weighted by atomic mass is 10.0. The molecule has 0 aromatic rings. The van der Waals surface area contributed by atoms with Crippen molar-refractivity contribution in [3.8, 4) is 0 Å². The van der Waals surface area contributed by atoms with Crippen LogP contribution in [0.25, 0.3) is 0 Å². The summed E-state index contributed by atoms with van der Waals surface area (Å²) in [4.78, 5) is 0. The van der Waals surface area contributed by atoms with Crippen molar-refractivity contribution in [2.45, 2.75) is 112 Å². The summed E-state index contributed by atoms with van der Waals surface area (Å²) in [5.74, 6) is 2.23. The molecule has 2 unspecified atom stereocenters. The Bertz CT molecular complexity index is 113. The zero-order valence-corrected chi connectivity index (χ0v) is 14.9. The molecule has 2 saturated carbocycles. The van der Waals surface area contributed by atoms with E-state index in [1.807, 2.05) is 0 Å². The van der Waals surface area contributed by atoms with Gasteiger partial charge in [0.1, 0.15) is 0 Å². The van der Waals surface area contributed by atoms with Gasteiger partial charge in [0, 0.05) is 0 Å². The maximum atomic E-state index is 2.29. The molecule has 0 bridgehead atoms. The number of hydrogen-bond donors (Lipinski definition) is 0. The van der Waals surface area contributed by atoms with Crippen molar-refractivity contribution in [2.75, 3.05) is 0 Å². The van der Waals surface area contributed by atoms with Crippen molar-refractivity contribution < 1.29 is 0 Å². The molecule has 0 nitrogen and oxygen atoms in total. The second-order valence-electron chi connectivity index (χ2n) is 6.11. The molecule has 0 spiro atoms. The molecule has 0 aromatic heterocycles. The first-order valence-electron chi connectivity index (χ1n) is 9.21. The Balaban J connectivity index is 0. The van der Waals surface area contributed by atoms with E-state index in [0.29, 0.717) is 0 Å². The lowest BCUT2D eigenvalue weighted by molar-refractivity contribution is 0.504. The lowest BCUT2D eigenvalue weighted by Crippen LogP contribution is -1.85. The first-order chi connectivity index (χ1) is 9.21. The van der Waals surface area contributed by atoms with Crippen molar-refractivity contribution in [1.82, 2.24) is 0 Å². The molecule has 0 radical (unpaired) electrons. The highest BCUT2D eigenvalue weighted by molar-refractivity contribution is 4.83. The fourth-order valence-corrected chi connectivity index (χ4v) is 2.37. The van der Waals surface area contributed by atoms with Gasteiger partial charge in [-0.25, -0.2) is 0 Å². The van der Waals surface area contributed by atoms with E-state index in [0.717, 1.165) is 11.8 Å². The summed E-state index contributed by atoms with van der Waals surface area (Å²) in [5.41, 5.74) is 0. The van der Waals surface area contributed by atoms with E-state index in [9.17, 15) is 0 Å². The summed E-state index contributed by atoms with van der Waals surface area (Å²) in [6, 6.07) is 0. The molecule has 0 heteroatoms. The van der Waals surface area contributed by atoms with Gasteiger partial charge in [0.2, 0.25) is 0 Å². The fourth-order valence-electron chi connectivity index (χ4n) is 2.37. The average molecular weight is 271 g/mol. The Hall–Kier alpha value is 0. The van der Waals surface area contributed by atoms with E-state index in [1.54, 1.807) is 0 Å². The van der Waals surface area contributed by atoms with Gasteiger partial charge in [-0.3, -0.25) is 0 Å². The molecule has 2 aliphatic carbocycles. The third-order valence-corrected chi connectivity index (χ3v) is 3.62. The Morgan fingerprint density at radius 3 is 0.842 bits per heavy atom. The summed E-state index contributed by atoms with van der Waals surface area (Å²) in [6.07, 6.45) is 15.9. The van der Waals surface area contributed by atoms with Gasteiger partial charge in [-0.1, -0.05) is 106 Å². The molecule has 0 N–H and O–H groups in total. The molecule has 2 atom stereocenters. The van der Waals surface area contributed by atoms with E-state index < -0.39 is 0 Å². The zero-order chi connectivity index (χ0) is 14.9. The lowest BCUT2D eigenvalue weighted by Gasteiger charge is -2.05. The van der Waals surface area contributed by atoms with Crippen LogP contribution in [-0.4, -0.2) is 0 Å². The molecule has 0 aliphatic heterocycles. The standard InChI is InChI=1S/C7H14.C6H12.2C3H8/c1-3-6-5-7(6)4-2;1-2-4-6-5-3-1;2*1-3-2/h6-7H,3-5H2,1-2H3;1-6H2;2*3H2,1-2H3. The van der Waals surface area contributed by atoms with Crippen LogP contribution in [0.3, 0.4) is 0 Å². The van der Waals surface area contributed by atoms with Crippen LogP contribution in [0, 0.1) is 11.8 Å². The number of hydrogen-bond acceptors (Lipinski definition) is 0. The fraction of sp³-hybridized carbons (Fsp3) is 1.00. The Morgan fingerprint density at radius 1 is 0.526 bits per heavy atom. The third-order valence-electron chi connectivity index (χ3n) is 3.62. The minimum atomic E-state index is 1.12. The molecule has 118 valence electrons. The van der Waals surface area contributed by atoms with Crippen molar-refractivity contribution >= 4 is 0 Å².